The largest absolute Gasteiger partial charge is 0.497 e. The Labute approximate surface area is 193 Å². The highest BCUT2D eigenvalue weighted by Crippen LogP contribution is 2.44. The fourth-order valence-corrected chi connectivity index (χ4v) is 3.94. The highest BCUT2D eigenvalue weighted by Gasteiger charge is 2.45. The molecule has 0 heterocycles. The Morgan fingerprint density at radius 1 is 0.969 bits per heavy atom. The molecule has 0 amide bonds. The fourth-order valence-electron chi connectivity index (χ4n) is 3.94. The third-order valence-electron chi connectivity index (χ3n) is 6.04. The summed E-state index contributed by atoms with van der Waals surface area (Å²) in [6.07, 6.45) is 0.822. The van der Waals surface area contributed by atoms with Crippen LogP contribution in [0.2, 0.25) is 0 Å². The van der Waals surface area contributed by atoms with Gasteiger partial charge in [-0.25, -0.2) is 0 Å². The summed E-state index contributed by atoms with van der Waals surface area (Å²) in [7, 11) is 1.66. The van der Waals surface area contributed by atoms with Crippen LogP contribution in [-0.4, -0.2) is 19.7 Å². The van der Waals surface area contributed by atoms with Crippen LogP contribution in [0.1, 0.15) is 70.2 Å². The lowest BCUT2D eigenvalue weighted by Crippen LogP contribution is -2.23. The van der Waals surface area contributed by atoms with Crippen LogP contribution in [0.25, 0.3) is 0 Å². The fraction of sp³-hybridized carbons (Fsp3) is 0.536. The third-order valence-corrected chi connectivity index (χ3v) is 6.04. The Bertz CT molecular complexity index is 910. The molecule has 4 nitrogen and oxygen atoms in total. The smallest absolute Gasteiger partial charge is 0.314 e. The number of hydrogen-bond donors (Lipinski definition) is 0. The SMILES string of the molecule is COc1ccc(COCC2CC2C(=O)Oc2c(C(C)(C)C)cc(C)cc2C(C)(C)C)cc1. The summed E-state index contributed by atoms with van der Waals surface area (Å²) in [6.45, 7) is 16.2. The molecule has 2 aromatic carbocycles. The van der Waals surface area contributed by atoms with Gasteiger partial charge in [-0.1, -0.05) is 71.4 Å². The van der Waals surface area contributed by atoms with Crippen molar-refractivity contribution in [2.24, 2.45) is 11.8 Å². The number of carbonyl (C=O) groups is 1. The molecule has 0 aromatic heterocycles. The Morgan fingerprint density at radius 2 is 1.53 bits per heavy atom. The van der Waals surface area contributed by atoms with Crippen molar-refractivity contribution in [3.63, 3.8) is 0 Å². The number of rotatable bonds is 7. The number of benzene rings is 2. The van der Waals surface area contributed by atoms with E-state index in [9.17, 15) is 4.79 Å². The van der Waals surface area contributed by atoms with Crippen LogP contribution >= 0.6 is 0 Å². The van der Waals surface area contributed by atoms with E-state index < -0.39 is 0 Å². The summed E-state index contributed by atoms with van der Waals surface area (Å²) >= 11 is 0. The average molecular weight is 439 g/mol. The van der Waals surface area contributed by atoms with Crippen molar-refractivity contribution in [3.8, 4) is 11.5 Å². The highest BCUT2D eigenvalue weighted by molar-refractivity contribution is 5.79. The van der Waals surface area contributed by atoms with Gasteiger partial charge >= 0.3 is 5.97 Å². The van der Waals surface area contributed by atoms with E-state index in [2.05, 4.69) is 60.6 Å². The molecular weight excluding hydrogens is 400 g/mol. The summed E-state index contributed by atoms with van der Waals surface area (Å²) in [5, 5.41) is 0. The predicted octanol–water partition coefficient (Wildman–Crippen LogP) is 6.36. The summed E-state index contributed by atoms with van der Waals surface area (Å²) in [4.78, 5) is 13.0. The van der Waals surface area contributed by atoms with E-state index >= 15 is 0 Å². The van der Waals surface area contributed by atoms with E-state index in [1.807, 2.05) is 24.3 Å². The minimum absolute atomic E-state index is 0.0900. The zero-order valence-electron chi connectivity index (χ0n) is 20.9. The Morgan fingerprint density at radius 3 is 2.03 bits per heavy atom. The van der Waals surface area contributed by atoms with Crippen LogP contribution in [0.4, 0.5) is 0 Å². The molecule has 0 radical (unpaired) electrons. The van der Waals surface area contributed by atoms with Gasteiger partial charge in [0, 0.05) is 11.1 Å². The first kappa shape index (κ1) is 24.3. The van der Waals surface area contributed by atoms with E-state index in [1.54, 1.807) is 7.11 Å². The summed E-state index contributed by atoms with van der Waals surface area (Å²) in [5.74, 6) is 1.57. The van der Waals surface area contributed by atoms with Crippen LogP contribution in [0.15, 0.2) is 36.4 Å². The maximum atomic E-state index is 13.0. The zero-order chi connectivity index (χ0) is 23.7. The molecule has 2 aromatic rings. The van der Waals surface area contributed by atoms with Gasteiger partial charge in [0.1, 0.15) is 11.5 Å². The number of aryl methyl sites for hydroxylation is 1. The molecule has 0 aliphatic heterocycles. The Hall–Kier alpha value is -2.33. The average Bonchev–Trinajstić information content (AvgIpc) is 3.47. The van der Waals surface area contributed by atoms with E-state index in [4.69, 9.17) is 14.2 Å². The summed E-state index contributed by atoms with van der Waals surface area (Å²) < 4.78 is 17.2. The third kappa shape index (κ3) is 5.92. The minimum atomic E-state index is -0.136. The van der Waals surface area contributed by atoms with Gasteiger partial charge in [0.05, 0.1) is 26.2 Å². The van der Waals surface area contributed by atoms with E-state index in [1.165, 1.54) is 5.56 Å². The number of esters is 1. The minimum Gasteiger partial charge on any atom is -0.497 e. The second-order valence-corrected chi connectivity index (χ2v) is 11.1. The quantitative estimate of drug-likeness (QED) is 0.373. The van der Waals surface area contributed by atoms with Crippen molar-refractivity contribution in [1.29, 1.82) is 0 Å². The first-order valence-corrected chi connectivity index (χ1v) is 11.5. The van der Waals surface area contributed by atoms with Crippen LogP contribution in [-0.2, 0) is 27.0 Å². The lowest BCUT2D eigenvalue weighted by Gasteiger charge is -2.29. The van der Waals surface area contributed by atoms with Gasteiger partial charge in [0.25, 0.3) is 0 Å². The van der Waals surface area contributed by atoms with Gasteiger partial charge < -0.3 is 14.2 Å². The molecule has 1 fully saturated rings. The van der Waals surface area contributed by atoms with Crippen molar-refractivity contribution >= 4 is 5.97 Å². The van der Waals surface area contributed by atoms with Gasteiger partial charge in [-0.15, -0.1) is 0 Å². The molecule has 1 saturated carbocycles. The van der Waals surface area contributed by atoms with Gasteiger partial charge in [-0.2, -0.15) is 0 Å². The predicted molar refractivity (Wildman–Crippen MR) is 128 cm³/mol. The van der Waals surface area contributed by atoms with Gasteiger partial charge in [-0.05, 0) is 47.8 Å². The molecule has 1 aliphatic carbocycles. The molecule has 4 heteroatoms. The summed E-state index contributed by atoms with van der Waals surface area (Å²) in [6, 6.07) is 12.2. The first-order chi connectivity index (χ1) is 14.9. The lowest BCUT2D eigenvalue weighted by atomic mass is 9.78. The maximum absolute atomic E-state index is 13.0. The first-order valence-electron chi connectivity index (χ1n) is 11.5. The second-order valence-electron chi connectivity index (χ2n) is 11.1. The van der Waals surface area contributed by atoms with Crippen LogP contribution in [0, 0.1) is 18.8 Å². The van der Waals surface area contributed by atoms with E-state index in [-0.39, 0.29) is 28.6 Å². The van der Waals surface area contributed by atoms with E-state index in [0.717, 1.165) is 34.6 Å². The van der Waals surface area contributed by atoms with Crippen LogP contribution < -0.4 is 9.47 Å². The normalized spacial score (nSPS) is 18.4. The van der Waals surface area contributed by atoms with Crippen molar-refractivity contribution < 1.29 is 19.0 Å². The molecule has 0 N–H and O–H groups in total. The molecular formula is C28H38O4. The molecule has 1 aliphatic rings. The summed E-state index contributed by atoms with van der Waals surface area (Å²) in [5.41, 5.74) is 4.22. The molecule has 2 atom stereocenters. The molecule has 0 saturated heterocycles. The van der Waals surface area contributed by atoms with Crippen LogP contribution in [0.5, 0.6) is 11.5 Å². The number of carbonyl (C=O) groups excluding carboxylic acids is 1. The monoisotopic (exact) mass is 438 g/mol. The van der Waals surface area contributed by atoms with Gasteiger partial charge in [0.2, 0.25) is 0 Å². The van der Waals surface area contributed by atoms with Crippen molar-refractivity contribution in [2.45, 2.75) is 72.3 Å². The molecule has 0 spiro atoms. The highest BCUT2D eigenvalue weighted by atomic mass is 16.5. The molecule has 174 valence electrons. The van der Waals surface area contributed by atoms with Crippen LogP contribution in [0.3, 0.4) is 0 Å². The van der Waals surface area contributed by atoms with Crippen molar-refractivity contribution in [3.05, 3.63) is 58.7 Å². The molecule has 2 unspecified atom stereocenters. The molecule has 0 bridgehead atoms. The standard InChI is InChI=1S/C28H38O4/c1-18-13-23(27(2,3)4)25(24(14-18)28(5,6)7)32-26(29)22-15-20(22)17-31-16-19-9-11-21(30-8)12-10-19/h9-14,20,22H,15-17H2,1-8H3. The molecule has 32 heavy (non-hydrogen) atoms. The van der Waals surface area contributed by atoms with Gasteiger partial charge in [0.15, 0.2) is 0 Å². The lowest BCUT2D eigenvalue weighted by molar-refractivity contribution is -0.136. The molecule has 3 rings (SSSR count). The van der Waals surface area contributed by atoms with Gasteiger partial charge in [-0.3, -0.25) is 4.79 Å². The van der Waals surface area contributed by atoms with Crippen molar-refractivity contribution in [1.82, 2.24) is 0 Å². The topological polar surface area (TPSA) is 44.8 Å². The zero-order valence-corrected chi connectivity index (χ0v) is 20.9. The Kier molecular flexibility index (Phi) is 7.04. The number of hydrogen-bond acceptors (Lipinski definition) is 4. The second kappa shape index (κ2) is 9.27. The maximum Gasteiger partial charge on any atom is 0.314 e. The number of methoxy groups -OCH3 is 1. The number of ether oxygens (including phenoxy) is 3. The van der Waals surface area contributed by atoms with Crippen molar-refractivity contribution in [2.75, 3.05) is 13.7 Å². The Balaban J connectivity index is 1.65. The van der Waals surface area contributed by atoms with E-state index in [0.29, 0.717) is 13.2 Å².